The van der Waals surface area contributed by atoms with Gasteiger partial charge in [0.05, 0.1) is 13.4 Å². The Morgan fingerprint density at radius 2 is 1.82 bits per heavy atom. The van der Waals surface area contributed by atoms with Crippen LogP contribution in [0.4, 0.5) is 0 Å². The monoisotopic (exact) mass is 257 g/mol. The van der Waals surface area contributed by atoms with E-state index >= 15 is 0 Å². The molecule has 1 aromatic rings. The number of ether oxygens (including phenoxy) is 1. The summed E-state index contributed by atoms with van der Waals surface area (Å²) < 4.78 is 29.6. The molecular weight excluding hydrogens is 238 g/mol. The number of methoxy groups -OCH3 is 1. The summed E-state index contributed by atoms with van der Waals surface area (Å²) in [6, 6.07) is 7.43. The van der Waals surface area contributed by atoms with Gasteiger partial charge < -0.3 is 4.74 Å². The van der Waals surface area contributed by atoms with Crippen molar-refractivity contribution in [1.82, 2.24) is 4.31 Å². The van der Waals surface area contributed by atoms with Crippen LogP contribution in [-0.2, 0) is 16.6 Å². The van der Waals surface area contributed by atoms with Gasteiger partial charge in [0.1, 0.15) is 5.75 Å². The van der Waals surface area contributed by atoms with E-state index in [0.29, 0.717) is 13.1 Å². The molecule has 1 rings (SSSR count). The molecule has 0 fully saturated rings. The molecule has 0 amide bonds. The molecule has 17 heavy (non-hydrogen) atoms. The van der Waals surface area contributed by atoms with Crippen LogP contribution in [0.1, 0.15) is 18.9 Å². The highest BCUT2D eigenvalue weighted by atomic mass is 32.2. The fraction of sp³-hybridized carbons (Fsp3) is 0.500. The second-order valence-electron chi connectivity index (χ2n) is 3.94. The Labute approximate surface area is 103 Å². The van der Waals surface area contributed by atoms with Gasteiger partial charge in [0.25, 0.3) is 0 Å². The van der Waals surface area contributed by atoms with E-state index in [9.17, 15) is 8.42 Å². The van der Waals surface area contributed by atoms with Gasteiger partial charge in [0.15, 0.2) is 0 Å². The molecule has 0 radical (unpaired) electrons. The highest BCUT2D eigenvalue weighted by Gasteiger charge is 2.15. The third-order valence-corrected chi connectivity index (χ3v) is 3.71. The van der Waals surface area contributed by atoms with Crippen molar-refractivity contribution in [3.63, 3.8) is 0 Å². The molecule has 0 aliphatic carbocycles. The largest absolute Gasteiger partial charge is 0.497 e. The summed E-state index contributed by atoms with van der Waals surface area (Å²) in [6.07, 6.45) is 2.05. The molecule has 0 saturated heterocycles. The Morgan fingerprint density at radius 3 is 2.24 bits per heavy atom. The second kappa shape index (κ2) is 6.02. The van der Waals surface area contributed by atoms with Crippen molar-refractivity contribution in [1.29, 1.82) is 0 Å². The quantitative estimate of drug-likeness (QED) is 0.781. The van der Waals surface area contributed by atoms with Crippen LogP contribution < -0.4 is 4.74 Å². The number of rotatable bonds is 6. The van der Waals surface area contributed by atoms with Crippen LogP contribution in [0.15, 0.2) is 24.3 Å². The summed E-state index contributed by atoms with van der Waals surface area (Å²) in [5, 5.41) is 0. The van der Waals surface area contributed by atoms with E-state index in [0.717, 1.165) is 17.7 Å². The van der Waals surface area contributed by atoms with E-state index in [2.05, 4.69) is 0 Å². The summed E-state index contributed by atoms with van der Waals surface area (Å²) in [5.41, 5.74) is 0.963. The third kappa shape index (κ3) is 4.36. The molecule has 0 atom stereocenters. The normalized spacial score (nSPS) is 11.8. The number of hydrogen-bond acceptors (Lipinski definition) is 3. The molecule has 96 valence electrons. The molecule has 4 nitrogen and oxygen atoms in total. The Kier molecular flexibility index (Phi) is 4.96. The van der Waals surface area contributed by atoms with Gasteiger partial charge in [-0.15, -0.1) is 0 Å². The average molecular weight is 257 g/mol. The van der Waals surface area contributed by atoms with Crippen LogP contribution >= 0.6 is 0 Å². The van der Waals surface area contributed by atoms with Gasteiger partial charge in [-0.1, -0.05) is 19.1 Å². The molecule has 0 heterocycles. The zero-order valence-corrected chi connectivity index (χ0v) is 11.3. The third-order valence-electron chi connectivity index (χ3n) is 2.46. The van der Waals surface area contributed by atoms with Crippen molar-refractivity contribution in [2.75, 3.05) is 19.9 Å². The second-order valence-corrected chi connectivity index (χ2v) is 5.93. The maximum Gasteiger partial charge on any atom is 0.211 e. The Bertz CT molecular complexity index is 439. The van der Waals surface area contributed by atoms with Crippen LogP contribution in [0.5, 0.6) is 5.75 Å². The van der Waals surface area contributed by atoms with Crippen LogP contribution in [0.2, 0.25) is 0 Å². The summed E-state index contributed by atoms with van der Waals surface area (Å²) >= 11 is 0. The lowest BCUT2D eigenvalue weighted by Gasteiger charge is -2.19. The fourth-order valence-corrected chi connectivity index (χ4v) is 2.44. The maximum atomic E-state index is 11.6. The van der Waals surface area contributed by atoms with Gasteiger partial charge in [-0.05, 0) is 24.1 Å². The van der Waals surface area contributed by atoms with Crippen molar-refractivity contribution < 1.29 is 13.2 Å². The number of sulfonamides is 1. The molecular formula is C12H19NO3S. The Hall–Kier alpha value is -1.07. The standard InChI is InChI=1S/C12H19NO3S/c1-4-9-13(17(3,14)15)10-11-5-7-12(16-2)8-6-11/h5-8H,4,9-10H2,1-3H3. The highest BCUT2D eigenvalue weighted by molar-refractivity contribution is 7.88. The topological polar surface area (TPSA) is 46.6 Å². The molecule has 0 aromatic heterocycles. The summed E-state index contributed by atoms with van der Waals surface area (Å²) in [4.78, 5) is 0. The van der Waals surface area contributed by atoms with E-state index < -0.39 is 10.0 Å². The number of benzene rings is 1. The molecule has 5 heteroatoms. The van der Waals surface area contributed by atoms with Crippen LogP contribution in [-0.4, -0.2) is 32.6 Å². The van der Waals surface area contributed by atoms with Gasteiger partial charge in [-0.2, -0.15) is 4.31 Å². The average Bonchev–Trinajstić information content (AvgIpc) is 2.28. The molecule has 0 spiro atoms. The highest BCUT2D eigenvalue weighted by Crippen LogP contribution is 2.14. The molecule has 0 aliphatic rings. The lowest BCUT2D eigenvalue weighted by molar-refractivity contribution is 0.406. The van der Waals surface area contributed by atoms with Crippen molar-refractivity contribution in [2.24, 2.45) is 0 Å². The first-order valence-electron chi connectivity index (χ1n) is 5.55. The first-order valence-corrected chi connectivity index (χ1v) is 7.40. The van der Waals surface area contributed by atoms with E-state index in [1.165, 1.54) is 10.6 Å². The van der Waals surface area contributed by atoms with Crippen molar-refractivity contribution in [3.05, 3.63) is 29.8 Å². The lowest BCUT2D eigenvalue weighted by Crippen LogP contribution is -2.30. The minimum absolute atomic E-state index is 0.413. The molecule has 0 aliphatic heterocycles. The van der Waals surface area contributed by atoms with E-state index in [1.807, 2.05) is 31.2 Å². The van der Waals surface area contributed by atoms with Crippen molar-refractivity contribution >= 4 is 10.0 Å². The van der Waals surface area contributed by atoms with Crippen LogP contribution in [0, 0.1) is 0 Å². The molecule has 0 unspecified atom stereocenters. The maximum absolute atomic E-state index is 11.6. The number of hydrogen-bond donors (Lipinski definition) is 0. The minimum atomic E-state index is -3.14. The molecule has 0 N–H and O–H groups in total. The smallest absolute Gasteiger partial charge is 0.211 e. The van der Waals surface area contributed by atoms with E-state index in [-0.39, 0.29) is 0 Å². The Balaban J connectivity index is 2.79. The molecule has 0 bridgehead atoms. The summed E-state index contributed by atoms with van der Waals surface area (Å²) in [5.74, 6) is 0.773. The predicted octanol–water partition coefficient (Wildman–Crippen LogP) is 1.87. The number of nitrogens with zero attached hydrogens (tertiary/aromatic N) is 1. The fourth-order valence-electron chi connectivity index (χ4n) is 1.55. The summed E-state index contributed by atoms with van der Waals surface area (Å²) in [7, 11) is -1.53. The zero-order chi connectivity index (χ0) is 12.9. The SMILES string of the molecule is CCCN(Cc1ccc(OC)cc1)S(C)(=O)=O. The predicted molar refractivity (Wildman–Crippen MR) is 68.5 cm³/mol. The minimum Gasteiger partial charge on any atom is -0.497 e. The first kappa shape index (κ1) is 14.0. The van der Waals surface area contributed by atoms with Gasteiger partial charge in [0, 0.05) is 13.1 Å². The summed E-state index contributed by atoms with van der Waals surface area (Å²) in [6.45, 7) is 2.92. The lowest BCUT2D eigenvalue weighted by atomic mass is 10.2. The van der Waals surface area contributed by atoms with Crippen molar-refractivity contribution in [3.8, 4) is 5.75 Å². The molecule has 0 saturated carbocycles. The van der Waals surface area contributed by atoms with Gasteiger partial charge >= 0.3 is 0 Å². The van der Waals surface area contributed by atoms with Gasteiger partial charge in [-0.3, -0.25) is 0 Å². The van der Waals surface area contributed by atoms with Gasteiger partial charge in [-0.25, -0.2) is 8.42 Å². The molecule has 1 aromatic carbocycles. The van der Waals surface area contributed by atoms with E-state index in [1.54, 1.807) is 7.11 Å². The van der Waals surface area contributed by atoms with Crippen LogP contribution in [0.25, 0.3) is 0 Å². The first-order chi connectivity index (χ1) is 7.97. The zero-order valence-electron chi connectivity index (χ0n) is 10.5. The van der Waals surface area contributed by atoms with Gasteiger partial charge in [0.2, 0.25) is 10.0 Å². The van der Waals surface area contributed by atoms with E-state index in [4.69, 9.17) is 4.74 Å². The van der Waals surface area contributed by atoms with Crippen molar-refractivity contribution in [2.45, 2.75) is 19.9 Å². The Morgan fingerprint density at radius 1 is 1.24 bits per heavy atom. The van der Waals surface area contributed by atoms with Crippen LogP contribution in [0.3, 0.4) is 0 Å².